The fourth-order valence-corrected chi connectivity index (χ4v) is 4.06. The minimum absolute atomic E-state index is 0.0205. The van der Waals surface area contributed by atoms with Crippen LogP contribution in [0.2, 0.25) is 0 Å². The largest absolute Gasteiger partial charge is 0.478 e. The van der Waals surface area contributed by atoms with Crippen molar-refractivity contribution in [1.82, 2.24) is 9.72 Å². The number of aromatic nitrogens is 1. The van der Waals surface area contributed by atoms with E-state index in [1.54, 1.807) is 42.5 Å². The number of halogens is 4. The highest BCUT2D eigenvalue weighted by atomic mass is 19.4. The summed E-state index contributed by atoms with van der Waals surface area (Å²) in [5.74, 6) is -2.26. The van der Waals surface area contributed by atoms with Gasteiger partial charge in [-0.05, 0) is 67.4 Å². The molecule has 9 heteroatoms. The molecule has 0 spiro atoms. The Kier molecular flexibility index (Phi) is 6.34. The van der Waals surface area contributed by atoms with Gasteiger partial charge in [-0.25, -0.2) is 9.18 Å². The Morgan fingerprint density at radius 2 is 1.50 bits per heavy atom. The third-order valence-corrected chi connectivity index (χ3v) is 5.97. The number of alkyl halides is 3. The molecule has 0 aliphatic rings. The van der Waals surface area contributed by atoms with Crippen LogP contribution in [-0.2, 0) is 18.1 Å². The van der Waals surface area contributed by atoms with Crippen LogP contribution in [0.25, 0.3) is 5.52 Å². The van der Waals surface area contributed by atoms with Gasteiger partial charge in [0.25, 0.3) is 5.91 Å². The van der Waals surface area contributed by atoms with E-state index in [0.29, 0.717) is 22.3 Å². The van der Waals surface area contributed by atoms with E-state index in [2.05, 4.69) is 5.32 Å². The molecule has 0 bridgehead atoms. The van der Waals surface area contributed by atoms with Crippen LogP contribution in [0, 0.1) is 5.82 Å². The molecule has 2 aromatic carbocycles. The zero-order valence-electron chi connectivity index (χ0n) is 19.4. The van der Waals surface area contributed by atoms with Crippen LogP contribution in [-0.4, -0.2) is 21.4 Å². The molecule has 0 saturated heterocycles. The van der Waals surface area contributed by atoms with Crippen molar-refractivity contribution in [2.45, 2.75) is 32.0 Å². The van der Waals surface area contributed by atoms with Gasteiger partial charge in [0.15, 0.2) is 0 Å². The number of carbonyl (C=O) groups is 2. The van der Waals surface area contributed by atoms with E-state index in [1.807, 2.05) is 0 Å². The topological polar surface area (TPSA) is 70.8 Å². The van der Waals surface area contributed by atoms with Crippen molar-refractivity contribution in [3.63, 3.8) is 0 Å². The standard InChI is InChI=1S/C27H22F4N2O3/c1-26(2,18-9-5-17(6-10-18)25(35)36)32-24(34)23-15-20(28)14-22-12-11-21(33(22)23)13-16-3-7-19(8-4-16)27(29,30)31/h3-12,14-15H,13H2,1-2H3,(H,32,34)(H,35,36). The third kappa shape index (κ3) is 5.10. The lowest BCUT2D eigenvalue weighted by atomic mass is 9.93. The van der Waals surface area contributed by atoms with Gasteiger partial charge in [-0.15, -0.1) is 0 Å². The second kappa shape index (κ2) is 9.14. The first-order valence-corrected chi connectivity index (χ1v) is 11.0. The molecule has 36 heavy (non-hydrogen) atoms. The molecule has 0 fully saturated rings. The molecule has 0 unspecified atom stereocenters. The van der Waals surface area contributed by atoms with Crippen molar-refractivity contribution in [2.75, 3.05) is 0 Å². The second-order valence-electron chi connectivity index (χ2n) is 8.98. The highest BCUT2D eigenvalue weighted by Crippen LogP contribution is 2.30. The van der Waals surface area contributed by atoms with Crippen LogP contribution >= 0.6 is 0 Å². The van der Waals surface area contributed by atoms with Crippen molar-refractivity contribution in [3.05, 3.63) is 112 Å². The van der Waals surface area contributed by atoms with Gasteiger partial charge < -0.3 is 14.8 Å². The first-order valence-electron chi connectivity index (χ1n) is 11.0. The van der Waals surface area contributed by atoms with E-state index < -0.39 is 35.0 Å². The molecule has 0 aliphatic heterocycles. The summed E-state index contributed by atoms with van der Waals surface area (Å²) in [7, 11) is 0. The van der Waals surface area contributed by atoms with E-state index >= 15 is 0 Å². The minimum atomic E-state index is -4.44. The van der Waals surface area contributed by atoms with Gasteiger partial charge in [-0.1, -0.05) is 24.3 Å². The first kappa shape index (κ1) is 25.0. The van der Waals surface area contributed by atoms with Gasteiger partial charge in [-0.2, -0.15) is 13.2 Å². The first-order chi connectivity index (χ1) is 16.8. The van der Waals surface area contributed by atoms with Crippen molar-refractivity contribution in [2.24, 2.45) is 0 Å². The quantitative estimate of drug-likeness (QED) is 0.318. The van der Waals surface area contributed by atoms with Crippen molar-refractivity contribution in [3.8, 4) is 0 Å². The summed E-state index contributed by atoms with van der Waals surface area (Å²) in [6.07, 6.45) is -4.22. The van der Waals surface area contributed by atoms with E-state index in [9.17, 15) is 27.2 Å². The number of hydrogen-bond acceptors (Lipinski definition) is 2. The van der Waals surface area contributed by atoms with Crippen molar-refractivity contribution >= 4 is 17.4 Å². The fraction of sp³-hybridized carbons (Fsp3) is 0.185. The Morgan fingerprint density at radius 1 is 0.889 bits per heavy atom. The molecule has 2 heterocycles. The average molecular weight is 498 g/mol. The molecule has 0 atom stereocenters. The number of hydrogen-bond donors (Lipinski definition) is 2. The number of nitrogens with one attached hydrogen (secondary N) is 1. The number of pyridine rings is 1. The average Bonchev–Trinajstić information content (AvgIpc) is 3.20. The monoisotopic (exact) mass is 498 g/mol. The normalized spacial score (nSPS) is 12.1. The summed E-state index contributed by atoms with van der Waals surface area (Å²) >= 11 is 0. The summed E-state index contributed by atoms with van der Waals surface area (Å²) in [5.41, 5.74) is 0.702. The molecular formula is C27H22F4N2O3. The summed E-state index contributed by atoms with van der Waals surface area (Å²) in [4.78, 5) is 24.4. The van der Waals surface area contributed by atoms with Crippen molar-refractivity contribution < 1.29 is 32.3 Å². The van der Waals surface area contributed by atoms with Crippen molar-refractivity contribution in [1.29, 1.82) is 0 Å². The lowest BCUT2D eigenvalue weighted by molar-refractivity contribution is -0.137. The third-order valence-electron chi connectivity index (χ3n) is 5.97. The van der Waals surface area contributed by atoms with Gasteiger partial charge in [-0.3, -0.25) is 4.79 Å². The van der Waals surface area contributed by atoms with Crippen LogP contribution in [0.15, 0.2) is 72.8 Å². The van der Waals surface area contributed by atoms with Gasteiger partial charge in [0.2, 0.25) is 0 Å². The Balaban J connectivity index is 1.65. The molecular weight excluding hydrogens is 476 g/mol. The lowest BCUT2D eigenvalue weighted by Crippen LogP contribution is -2.41. The zero-order valence-corrected chi connectivity index (χ0v) is 19.4. The van der Waals surface area contributed by atoms with Crippen LogP contribution in [0.4, 0.5) is 17.6 Å². The molecule has 186 valence electrons. The van der Waals surface area contributed by atoms with Crippen LogP contribution in [0.5, 0.6) is 0 Å². The van der Waals surface area contributed by atoms with Gasteiger partial charge in [0, 0.05) is 23.7 Å². The molecule has 5 nitrogen and oxygen atoms in total. The van der Waals surface area contributed by atoms with E-state index in [4.69, 9.17) is 5.11 Å². The number of amides is 1. The number of fused-ring (bicyclic) bond motifs is 1. The van der Waals surface area contributed by atoms with Gasteiger partial charge in [0.1, 0.15) is 11.5 Å². The number of benzene rings is 2. The molecule has 4 rings (SSSR count). The SMILES string of the molecule is CC(C)(NC(=O)c1cc(F)cc2ccc(Cc3ccc(C(F)(F)F)cc3)n12)c1ccc(C(=O)O)cc1. The van der Waals surface area contributed by atoms with E-state index in [0.717, 1.165) is 18.2 Å². The van der Waals surface area contributed by atoms with E-state index in [-0.39, 0.29) is 17.7 Å². The Labute approximate surface area is 204 Å². The van der Waals surface area contributed by atoms with Crippen LogP contribution < -0.4 is 5.32 Å². The zero-order chi connectivity index (χ0) is 26.3. The Morgan fingerprint density at radius 3 is 2.08 bits per heavy atom. The summed E-state index contributed by atoms with van der Waals surface area (Å²) in [6, 6.07) is 16.5. The maximum atomic E-state index is 14.4. The predicted octanol–water partition coefficient (Wildman–Crippen LogP) is 6.05. The summed E-state index contributed by atoms with van der Waals surface area (Å²) in [5, 5.41) is 12.0. The number of carboxylic acids is 1. The Hall–Kier alpha value is -4.14. The molecule has 0 saturated carbocycles. The molecule has 0 aliphatic carbocycles. The van der Waals surface area contributed by atoms with Gasteiger partial charge >= 0.3 is 12.1 Å². The maximum Gasteiger partial charge on any atom is 0.416 e. The molecule has 0 radical (unpaired) electrons. The molecule has 2 aromatic heterocycles. The molecule has 4 aromatic rings. The van der Waals surface area contributed by atoms with Crippen LogP contribution in [0.3, 0.4) is 0 Å². The second-order valence-corrected chi connectivity index (χ2v) is 8.98. The number of carbonyl (C=O) groups excluding carboxylic acids is 1. The molecule has 2 N–H and O–H groups in total. The smallest absolute Gasteiger partial charge is 0.416 e. The lowest BCUT2D eigenvalue weighted by Gasteiger charge is -2.27. The number of rotatable bonds is 6. The molecule has 1 amide bonds. The number of nitrogens with zero attached hydrogens (tertiary/aromatic N) is 1. The summed E-state index contributed by atoms with van der Waals surface area (Å²) < 4.78 is 54.6. The number of carboxylic acid groups (broad SMARTS) is 1. The Bertz CT molecular complexity index is 1440. The fourth-order valence-electron chi connectivity index (χ4n) is 4.06. The highest BCUT2D eigenvalue weighted by Gasteiger charge is 2.30. The highest BCUT2D eigenvalue weighted by molar-refractivity contribution is 5.94. The minimum Gasteiger partial charge on any atom is -0.478 e. The predicted molar refractivity (Wildman–Crippen MR) is 125 cm³/mol. The maximum absolute atomic E-state index is 14.4. The van der Waals surface area contributed by atoms with Gasteiger partial charge in [0.05, 0.1) is 16.7 Å². The van der Waals surface area contributed by atoms with E-state index in [1.165, 1.54) is 30.3 Å². The van der Waals surface area contributed by atoms with Crippen LogP contribution in [0.1, 0.15) is 57.1 Å². The number of aromatic carboxylic acids is 1. The summed E-state index contributed by atoms with van der Waals surface area (Å²) in [6.45, 7) is 3.46.